The molecule has 0 spiro atoms. The molecule has 0 radical (unpaired) electrons. The van der Waals surface area contributed by atoms with E-state index in [-0.39, 0.29) is 30.2 Å². The zero-order valence-electron chi connectivity index (χ0n) is 17.6. The molecule has 0 aliphatic heterocycles. The van der Waals surface area contributed by atoms with Crippen molar-refractivity contribution in [1.82, 2.24) is 0 Å². The van der Waals surface area contributed by atoms with E-state index in [1.165, 1.54) is 33.4 Å². The SMILES string of the molecule is C[Si](C)=[Zr+2].Cc1cc(C(C)(C)C)c(C)[cH-]1.Cc1cc(C)c(C)[cH-]1.[Cl-].[Cl-]. The third-order valence-electron chi connectivity index (χ3n) is 3.56. The van der Waals surface area contributed by atoms with Crippen LogP contribution in [0.4, 0.5) is 0 Å². The Kier molecular flexibility index (Phi) is 16.3. The van der Waals surface area contributed by atoms with Gasteiger partial charge in [0.1, 0.15) is 0 Å². The van der Waals surface area contributed by atoms with Crippen molar-refractivity contribution >= 4 is 5.43 Å². The second-order valence-electron chi connectivity index (χ2n) is 7.78. The summed E-state index contributed by atoms with van der Waals surface area (Å²) < 4.78 is 0. The summed E-state index contributed by atoms with van der Waals surface area (Å²) >= 11 is 1.74. The largest absolute Gasteiger partial charge is 1.00 e. The third-order valence-corrected chi connectivity index (χ3v) is 3.56. The summed E-state index contributed by atoms with van der Waals surface area (Å²) in [4.78, 5) is 0. The Hall–Kier alpha value is 0.380. The van der Waals surface area contributed by atoms with Gasteiger partial charge in [-0.15, -0.1) is 0 Å². The molecule has 0 saturated heterocycles. The number of aryl methyl sites for hydroxylation is 5. The Morgan fingerprint density at radius 1 is 0.800 bits per heavy atom. The van der Waals surface area contributed by atoms with Gasteiger partial charge in [-0.05, 0) is 0 Å². The second-order valence-corrected chi connectivity index (χ2v) is 17.2. The number of halogens is 2. The van der Waals surface area contributed by atoms with Gasteiger partial charge in [0, 0.05) is 0 Å². The molecule has 4 heteroatoms. The molecule has 0 amide bonds. The summed E-state index contributed by atoms with van der Waals surface area (Å²) in [5.74, 6) is 0. The molecule has 0 saturated carbocycles. The van der Waals surface area contributed by atoms with E-state index in [1.54, 1.807) is 23.3 Å². The summed E-state index contributed by atoms with van der Waals surface area (Å²) in [7, 11) is 0. The van der Waals surface area contributed by atoms with Crippen LogP contribution >= 0.6 is 0 Å². The Balaban J connectivity index is -0.000000308. The van der Waals surface area contributed by atoms with Gasteiger partial charge >= 0.3 is 41.9 Å². The molecule has 0 unspecified atom stereocenters. The van der Waals surface area contributed by atoms with Gasteiger partial charge in [0.25, 0.3) is 0 Å². The summed E-state index contributed by atoms with van der Waals surface area (Å²) in [5, 5.41) is 0. The van der Waals surface area contributed by atoms with Crippen LogP contribution in [-0.4, -0.2) is 5.43 Å². The van der Waals surface area contributed by atoms with Gasteiger partial charge in [-0.25, -0.2) is 12.1 Å². The molecule has 0 N–H and O–H groups in total. The fraction of sp³-hybridized carbons (Fsp3) is 0.524. The van der Waals surface area contributed by atoms with Gasteiger partial charge in [-0.2, -0.15) is 45.5 Å². The average Bonchev–Trinajstić information content (AvgIpc) is 2.81. The van der Waals surface area contributed by atoms with E-state index in [0.717, 1.165) is 0 Å². The van der Waals surface area contributed by atoms with E-state index < -0.39 is 0 Å². The van der Waals surface area contributed by atoms with E-state index in [1.807, 2.05) is 0 Å². The molecule has 0 fully saturated rings. The minimum Gasteiger partial charge on any atom is -1.00 e. The van der Waals surface area contributed by atoms with Gasteiger partial charge in [0.15, 0.2) is 0 Å². The van der Waals surface area contributed by atoms with Crippen molar-refractivity contribution in [1.29, 1.82) is 0 Å². The first kappa shape index (κ1) is 30.1. The maximum atomic E-state index is 2.31. The normalized spacial score (nSPS) is 9.60. The van der Waals surface area contributed by atoms with Crippen molar-refractivity contribution in [2.75, 3.05) is 0 Å². The monoisotopic (exact) mass is 474 g/mol. The number of hydrogen-bond donors (Lipinski definition) is 0. The van der Waals surface area contributed by atoms with Gasteiger partial charge in [0.2, 0.25) is 0 Å². The quantitative estimate of drug-likeness (QED) is 0.383. The van der Waals surface area contributed by atoms with Crippen LogP contribution in [0.3, 0.4) is 0 Å². The summed E-state index contributed by atoms with van der Waals surface area (Å²) in [6.07, 6.45) is 0. The van der Waals surface area contributed by atoms with Crippen LogP contribution in [0.15, 0.2) is 24.3 Å². The first-order valence-electron chi connectivity index (χ1n) is 8.31. The van der Waals surface area contributed by atoms with E-state index in [4.69, 9.17) is 0 Å². The van der Waals surface area contributed by atoms with Crippen LogP contribution in [0.1, 0.15) is 54.2 Å². The maximum absolute atomic E-state index is 2.31. The molecular weight excluding hydrogens is 442 g/mol. The van der Waals surface area contributed by atoms with Crippen LogP contribution in [0, 0.1) is 34.6 Å². The second kappa shape index (κ2) is 13.5. The van der Waals surface area contributed by atoms with Crippen LogP contribution in [0.2, 0.25) is 13.1 Å². The van der Waals surface area contributed by atoms with Gasteiger partial charge < -0.3 is 24.8 Å². The van der Waals surface area contributed by atoms with Crippen molar-refractivity contribution < 1.29 is 48.1 Å². The minimum atomic E-state index is 0. The fourth-order valence-electron chi connectivity index (χ4n) is 2.56. The Bertz CT molecular complexity index is 607. The molecule has 0 aliphatic rings. The molecule has 2 aromatic rings. The average molecular weight is 477 g/mol. The summed E-state index contributed by atoms with van der Waals surface area (Å²) in [6.45, 7) is 22.1. The molecule has 0 aromatic heterocycles. The van der Waals surface area contributed by atoms with Crippen molar-refractivity contribution in [2.45, 2.75) is 73.9 Å². The minimum absolute atomic E-state index is 0. The number of hydrogen-bond acceptors (Lipinski definition) is 0. The predicted octanol–water partition coefficient (Wildman–Crippen LogP) is 0.443. The van der Waals surface area contributed by atoms with Crippen LogP contribution in [0.5, 0.6) is 0 Å². The van der Waals surface area contributed by atoms with Crippen molar-refractivity contribution in [3.63, 3.8) is 0 Å². The summed E-state index contributed by atoms with van der Waals surface area (Å²) in [5.41, 5.74) is 8.99. The molecule has 2 rings (SSSR count). The molecule has 0 heterocycles. The van der Waals surface area contributed by atoms with E-state index in [9.17, 15) is 0 Å². The van der Waals surface area contributed by atoms with Gasteiger partial charge in [-0.3, -0.25) is 0 Å². The van der Waals surface area contributed by atoms with Crippen molar-refractivity contribution in [3.8, 4) is 0 Å². The molecular formula is C21H34Cl2SiZr-2. The molecule has 2 aromatic carbocycles. The van der Waals surface area contributed by atoms with Crippen LogP contribution in [0.25, 0.3) is 0 Å². The Labute approximate surface area is 184 Å². The maximum Gasteiger partial charge on any atom is -0.0632 e. The Morgan fingerprint density at radius 3 is 1.28 bits per heavy atom. The van der Waals surface area contributed by atoms with Crippen molar-refractivity contribution in [2.24, 2.45) is 0 Å². The molecule has 0 aliphatic carbocycles. The van der Waals surface area contributed by atoms with Crippen LogP contribution in [-0.2, 0) is 28.8 Å². The summed E-state index contributed by atoms with van der Waals surface area (Å²) in [6, 6.07) is 8.95. The van der Waals surface area contributed by atoms with Gasteiger partial charge in [-0.1, -0.05) is 60.8 Å². The zero-order valence-corrected chi connectivity index (χ0v) is 22.5. The molecule has 0 bridgehead atoms. The predicted molar refractivity (Wildman–Crippen MR) is 104 cm³/mol. The van der Waals surface area contributed by atoms with Crippen LogP contribution < -0.4 is 24.8 Å². The molecule has 0 nitrogen and oxygen atoms in total. The first-order chi connectivity index (χ1) is 10.3. The smallest absolute Gasteiger partial charge is 0.0632 e. The standard InChI is InChI=1S/C11H17.C8H11.C2H6Si.2ClH.Zr/c1-8-6-9(2)10(7-8)11(3,4)5;1-6-4-7(2)8(3)5-6;1-3-2;;;/h6-7H,1-5H3;4-5H,1-3H3;1-2H3;2*1H;/q2*-1;;;;+2/p-2. The third kappa shape index (κ3) is 13.2. The topological polar surface area (TPSA) is 0 Å². The first-order valence-corrected chi connectivity index (χ1v) is 14.5. The zero-order chi connectivity index (χ0) is 18.4. The Morgan fingerprint density at radius 2 is 1.16 bits per heavy atom. The fourth-order valence-corrected chi connectivity index (χ4v) is 2.56. The van der Waals surface area contributed by atoms with Gasteiger partial charge in [0.05, 0.1) is 0 Å². The molecule has 0 atom stereocenters. The van der Waals surface area contributed by atoms with Crippen molar-refractivity contribution in [3.05, 3.63) is 57.6 Å². The van der Waals surface area contributed by atoms with E-state index >= 15 is 0 Å². The molecule has 142 valence electrons. The van der Waals surface area contributed by atoms with E-state index in [2.05, 4.69) is 92.7 Å². The molecule has 25 heavy (non-hydrogen) atoms. The van der Waals surface area contributed by atoms with E-state index in [0.29, 0.717) is 5.41 Å². The number of rotatable bonds is 0.